The lowest BCUT2D eigenvalue weighted by Crippen LogP contribution is -2.50. The van der Waals surface area contributed by atoms with Crippen molar-refractivity contribution in [2.24, 2.45) is 5.92 Å². The van der Waals surface area contributed by atoms with Crippen LogP contribution in [0.25, 0.3) is 11.0 Å². The Labute approximate surface area is 283 Å². The number of para-hydroxylation sites is 1. The smallest absolute Gasteiger partial charge is 0.335 e. The Hall–Kier alpha value is -3.99. The molecule has 0 radical (unpaired) electrons. The van der Waals surface area contributed by atoms with E-state index in [1.807, 2.05) is 24.0 Å². The first-order valence-electron chi connectivity index (χ1n) is 16.8. The van der Waals surface area contributed by atoms with Crippen LogP contribution in [0.3, 0.4) is 0 Å². The molecule has 3 fully saturated rings. The van der Waals surface area contributed by atoms with Gasteiger partial charge in [0, 0.05) is 23.1 Å². The minimum atomic E-state index is -1.09. The third-order valence-electron chi connectivity index (χ3n) is 10.4. The van der Waals surface area contributed by atoms with Crippen LogP contribution in [0.4, 0.5) is 10.1 Å². The van der Waals surface area contributed by atoms with Crippen molar-refractivity contribution in [1.29, 1.82) is 0 Å². The first-order valence-corrected chi connectivity index (χ1v) is 17.2. The monoisotopic (exact) mass is 672 g/mol. The van der Waals surface area contributed by atoms with Gasteiger partial charge < -0.3 is 24.0 Å². The number of rotatable bonds is 8. The molecular formula is C37H38ClFN4O5. The Balaban J connectivity index is 1.05. The van der Waals surface area contributed by atoms with Crippen LogP contribution in [-0.4, -0.2) is 63.8 Å². The predicted molar refractivity (Wildman–Crippen MR) is 179 cm³/mol. The number of piperidine rings is 1. The number of carbonyl (C=O) groups excluding carboxylic acids is 1. The van der Waals surface area contributed by atoms with Crippen molar-refractivity contribution in [2.45, 2.75) is 69.7 Å². The average Bonchev–Trinajstić information content (AvgIpc) is 3.84. The molecule has 0 spiro atoms. The second-order valence-electron chi connectivity index (χ2n) is 13.8. The van der Waals surface area contributed by atoms with Gasteiger partial charge in [-0.1, -0.05) is 29.8 Å². The molecule has 250 valence electrons. The highest BCUT2D eigenvalue weighted by molar-refractivity contribution is 6.30. The van der Waals surface area contributed by atoms with Gasteiger partial charge >= 0.3 is 5.97 Å². The number of aromatic nitrogens is 2. The molecule has 2 saturated heterocycles. The molecule has 1 amide bonds. The number of hydrogen-bond acceptors (Lipinski definition) is 6. The molecule has 11 heteroatoms. The number of ether oxygens (including phenoxy) is 2. The van der Waals surface area contributed by atoms with Crippen LogP contribution in [0.15, 0.2) is 54.6 Å². The van der Waals surface area contributed by atoms with Gasteiger partial charge in [0.2, 0.25) is 5.91 Å². The highest BCUT2D eigenvalue weighted by atomic mass is 35.5. The van der Waals surface area contributed by atoms with Crippen LogP contribution >= 0.6 is 11.6 Å². The van der Waals surface area contributed by atoms with Gasteiger partial charge in [0.25, 0.3) is 0 Å². The van der Waals surface area contributed by atoms with Crippen LogP contribution in [-0.2, 0) is 28.2 Å². The number of nitrogens with zero attached hydrogens (tertiary/aromatic N) is 4. The molecule has 4 aromatic rings. The van der Waals surface area contributed by atoms with Gasteiger partial charge in [-0.25, -0.2) is 14.2 Å². The van der Waals surface area contributed by atoms with Crippen molar-refractivity contribution >= 4 is 40.2 Å². The van der Waals surface area contributed by atoms with E-state index in [-0.39, 0.29) is 36.0 Å². The normalized spacial score (nSPS) is 23.1. The lowest BCUT2D eigenvalue weighted by atomic mass is 9.86. The Morgan fingerprint density at radius 3 is 2.54 bits per heavy atom. The topological polar surface area (TPSA) is 97.1 Å². The number of likely N-dealkylation sites (tertiary alicyclic amines) is 1. The van der Waals surface area contributed by atoms with Crippen molar-refractivity contribution < 1.29 is 28.6 Å². The summed E-state index contributed by atoms with van der Waals surface area (Å²) in [6.45, 7) is 5.75. The van der Waals surface area contributed by atoms with E-state index in [0.29, 0.717) is 29.4 Å². The van der Waals surface area contributed by atoms with Gasteiger partial charge in [0.05, 0.1) is 48.0 Å². The summed E-state index contributed by atoms with van der Waals surface area (Å²) in [6.07, 6.45) is 4.56. The Kier molecular flexibility index (Phi) is 7.93. The summed E-state index contributed by atoms with van der Waals surface area (Å²) < 4.78 is 30.0. The van der Waals surface area contributed by atoms with E-state index < -0.39 is 17.4 Å². The molecule has 2 atom stereocenters. The van der Waals surface area contributed by atoms with E-state index in [1.54, 1.807) is 30.3 Å². The second-order valence-corrected chi connectivity index (χ2v) is 14.3. The fourth-order valence-corrected chi connectivity index (χ4v) is 7.66. The molecule has 1 aliphatic carbocycles. The van der Waals surface area contributed by atoms with E-state index in [2.05, 4.69) is 15.5 Å². The standard InChI is InChI=1S/C37H38ClFN4O5/c1-37(28-9-8-25(38)18-29(28)39)21-43(35(44)23-5-6-23)31-4-2-3-27(34(31)48-37)22-11-14-41(15-12-22)20-33-40-30-10-7-24(36(45)46)17-32(30)42(33)19-26-13-16-47-26/h2-4,7-10,17-18,22-23,26H,5-6,11-16,19-21H2,1H3,(H,45,46)/t26-,37?/m0/s1. The molecule has 8 rings (SSSR count). The summed E-state index contributed by atoms with van der Waals surface area (Å²) in [5, 5.41) is 9.91. The van der Waals surface area contributed by atoms with Crippen LogP contribution in [0.1, 0.15) is 72.3 Å². The van der Waals surface area contributed by atoms with E-state index in [1.165, 1.54) is 6.07 Å². The van der Waals surface area contributed by atoms with Crippen LogP contribution in [0.2, 0.25) is 5.02 Å². The number of carbonyl (C=O) groups is 2. The van der Waals surface area contributed by atoms with Crippen LogP contribution in [0.5, 0.6) is 5.75 Å². The lowest BCUT2D eigenvalue weighted by molar-refractivity contribution is -0.120. The summed E-state index contributed by atoms with van der Waals surface area (Å²) in [5.41, 5.74) is 2.92. The first kappa shape index (κ1) is 31.3. The number of carboxylic acid groups (broad SMARTS) is 1. The Morgan fingerprint density at radius 1 is 1.06 bits per heavy atom. The maximum atomic E-state index is 15.4. The zero-order valence-corrected chi connectivity index (χ0v) is 27.6. The number of halogens is 2. The predicted octanol–water partition coefficient (Wildman–Crippen LogP) is 6.75. The van der Waals surface area contributed by atoms with Crippen LogP contribution in [0, 0.1) is 11.7 Å². The molecule has 3 aliphatic heterocycles. The molecular weight excluding hydrogens is 635 g/mol. The van der Waals surface area contributed by atoms with Gasteiger partial charge in [0.1, 0.15) is 17.4 Å². The summed E-state index contributed by atoms with van der Waals surface area (Å²) in [4.78, 5) is 34.5. The zero-order valence-electron chi connectivity index (χ0n) is 26.8. The first-order chi connectivity index (χ1) is 23.2. The number of fused-ring (bicyclic) bond motifs is 2. The molecule has 9 nitrogen and oxygen atoms in total. The number of hydrogen-bond donors (Lipinski definition) is 1. The van der Waals surface area contributed by atoms with Gasteiger partial charge in [-0.15, -0.1) is 0 Å². The molecule has 4 aliphatic rings. The Bertz CT molecular complexity index is 1920. The fraction of sp³-hybridized carbons (Fsp3) is 0.432. The van der Waals surface area contributed by atoms with Crippen molar-refractivity contribution in [3.8, 4) is 5.75 Å². The van der Waals surface area contributed by atoms with E-state index >= 15 is 4.39 Å². The van der Waals surface area contributed by atoms with Crippen LogP contribution < -0.4 is 9.64 Å². The number of carboxylic acids is 1. The molecule has 0 bridgehead atoms. The van der Waals surface area contributed by atoms with Crippen molar-refractivity contribution in [3.63, 3.8) is 0 Å². The van der Waals surface area contributed by atoms with Gasteiger partial charge in [-0.2, -0.15) is 0 Å². The van der Waals surface area contributed by atoms with Gasteiger partial charge in [-0.05, 0) is 100.0 Å². The number of benzene rings is 3. The maximum absolute atomic E-state index is 15.4. The van der Waals surface area contributed by atoms with Gasteiger partial charge in [0.15, 0.2) is 5.60 Å². The summed E-state index contributed by atoms with van der Waals surface area (Å²) in [5.74, 6) is 0.398. The quantitative estimate of drug-likeness (QED) is 0.221. The van der Waals surface area contributed by atoms with Gasteiger partial charge in [-0.3, -0.25) is 9.69 Å². The second kappa shape index (κ2) is 12.2. The minimum absolute atomic E-state index is 0.00191. The minimum Gasteiger partial charge on any atom is -0.478 e. The largest absolute Gasteiger partial charge is 0.478 e. The number of aromatic carboxylic acids is 1. The van der Waals surface area contributed by atoms with E-state index in [4.69, 9.17) is 26.1 Å². The number of anilines is 1. The van der Waals surface area contributed by atoms with Crippen molar-refractivity contribution in [2.75, 3.05) is 31.1 Å². The molecule has 1 aromatic heterocycles. The zero-order chi connectivity index (χ0) is 33.2. The number of amides is 1. The SMILES string of the molecule is CC1(c2ccc(Cl)cc2F)CN(C(=O)C2CC2)c2cccc(C3CCN(Cc4nc5ccc(C(=O)O)cc5n4C[C@@H]4CCO4)CC3)c2O1. The highest BCUT2D eigenvalue weighted by Gasteiger charge is 2.46. The average molecular weight is 673 g/mol. The molecule has 3 aromatic carbocycles. The molecule has 48 heavy (non-hydrogen) atoms. The molecule has 4 heterocycles. The molecule has 1 saturated carbocycles. The summed E-state index contributed by atoms with van der Waals surface area (Å²) in [7, 11) is 0. The molecule has 1 N–H and O–H groups in total. The van der Waals surface area contributed by atoms with Crippen molar-refractivity contribution in [1.82, 2.24) is 14.5 Å². The fourth-order valence-electron chi connectivity index (χ4n) is 7.50. The Morgan fingerprint density at radius 2 is 1.85 bits per heavy atom. The summed E-state index contributed by atoms with van der Waals surface area (Å²) >= 11 is 6.10. The third-order valence-corrected chi connectivity index (χ3v) is 10.7. The maximum Gasteiger partial charge on any atom is 0.335 e. The van der Waals surface area contributed by atoms with E-state index in [0.717, 1.165) is 79.9 Å². The molecule has 1 unspecified atom stereocenters. The lowest BCUT2D eigenvalue weighted by Gasteiger charge is -2.44. The number of imidazole rings is 1. The summed E-state index contributed by atoms with van der Waals surface area (Å²) in [6, 6.07) is 15.7. The van der Waals surface area contributed by atoms with E-state index in [9.17, 15) is 14.7 Å². The third kappa shape index (κ3) is 5.73. The van der Waals surface area contributed by atoms with Crippen molar-refractivity contribution in [3.05, 3.63) is 88.0 Å². The highest BCUT2D eigenvalue weighted by Crippen LogP contribution is 2.49.